The molecule has 0 spiro atoms. The third-order valence-corrected chi connectivity index (χ3v) is 2.17. The summed E-state index contributed by atoms with van der Waals surface area (Å²) in [4.78, 5) is 3.55. The zero-order chi connectivity index (χ0) is 9.26. The third-order valence-electron chi connectivity index (χ3n) is 2.17. The molecule has 64 valence electrons. The lowest BCUT2D eigenvalue weighted by atomic mass is 9.84. The van der Waals surface area contributed by atoms with Crippen LogP contribution in [0.1, 0.15) is 0 Å². The molecule has 2 rings (SSSR count). The largest absolute Gasteiger partial charge is 0.213 e. The van der Waals surface area contributed by atoms with Crippen LogP contribution in [-0.2, 0) is 0 Å². The van der Waals surface area contributed by atoms with Gasteiger partial charge in [-0.2, -0.15) is 9.65 Å². The highest BCUT2D eigenvalue weighted by Crippen LogP contribution is 2.28. The maximum atomic E-state index is 12.9. The number of rotatable bonds is 0. The molecule has 1 aliphatic carbocycles. The second-order valence-electron chi connectivity index (χ2n) is 2.97. The lowest BCUT2D eigenvalue weighted by Crippen LogP contribution is -2.22. The van der Waals surface area contributed by atoms with Crippen molar-refractivity contribution in [3.05, 3.63) is 36.3 Å². The van der Waals surface area contributed by atoms with Gasteiger partial charge >= 0.3 is 0 Å². The van der Waals surface area contributed by atoms with Gasteiger partial charge in [0.1, 0.15) is 11.8 Å². The van der Waals surface area contributed by atoms with Crippen molar-refractivity contribution in [2.24, 2.45) is 16.8 Å². The molecule has 0 N–H and O–H groups in total. The Labute approximate surface area is 75.4 Å². The van der Waals surface area contributed by atoms with Crippen molar-refractivity contribution in [3.63, 3.8) is 0 Å². The summed E-state index contributed by atoms with van der Waals surface area (Å²) in [5, 5.41) is 8.72. The van der Waals surface area contributed by atoms with Gasteiger partial charge in [-0.1, -0.05) is 24.3 Å². The Kier molecular flexibility index (Phi) is 1.82. The van der Waals surface area contributed by atoms with Gasteiger partial charge in [-0.3, -0.25) is 0 Å². The molecule has 2 unspecified atom stereocenters. The van der Waals surface area contributed by atoms with Crippen molar-refractivity contribution < 1.29 is 4.39 Å². The fourth-order valence-corrected chi connectivity index (χ4v) is 1.54. The van der Waals surface area contributed by atoms with Gasteiger partial charge in [-0.25, -0.2) is 4.99 Å². The highest BCUT2D eigenvalue weighted by atomic mass is 19.1. The normalized spacial score (nSPS) is 30.2. The fourth-order valence-electron chi connectivity index (χ4n) is 1.54. The van der Waals surface area contributed by atoms with Crippen LogP contribution in [0.4, 0.5) is 4.39 Å². The molecule has 0 fully saturated rings. The highest BCUT2D eigenvalue weighted by molar-refractivity contribution is 6.03. The number of hydrogen-bond donors (Lipinski definition) is 0. The number of halogens is 1. The lowest BCUT2D eigenvalue weighted by Gasteiger charge is -2.22. The first-order valence-corrected chi connectivity index (χ1v) is 4.02. The van der Waals surface area contributed by atoms with Crippen LogP contribution in [0.25, 0.3) is 0 Å². The highest BCUT2D eigenvalue weighted by Gasteiger charge is 2.26. The first-order chi connectivity index (χ1) is 6.31. The van der Waals surface area contributed by atoms with Crippen LogP contribution in [0, 0.1) is 23.2 Å². The summed E-state index contributed by atoms with van der Waals surface area (Å²) in [5.74, 6) is -0.676. The van der Waals surface area contributed by atoms with Crippen LogP contribution in [0.3, 0.4) is 0 Å². The van der Waals surface area contributed by atoms with Gasteiger partial charge in [0.2, 0.25) is 5.95 Å². The first-order valence-electron chi connectivity index (χ1n) is 4.02. The van der Waals surface area contributed by atoms with Crippen molar-refractivity contribution in [1.82, 2.24) is 0 Å². The molecule has 0 bridgehead atoms. The summed E-state index contributed by atoms with van der Waals surface area (Å²) in [6.07, 6.45) is 8.88. The van der Waals surface area contributed by atoms with E-state index in [1.807, 2.05) is 30.4 Å². The summed E-state index contributed by atoms with van der Waals surface area (Å²) in [7, 11) is 0. The molecule has 0 aromatic carbocycles. The number of fused-ring (bicyclic) bond motifs is 1. The summed E-state index contributed by atoms with van der Waals surface area (Å²) in [5.41, 5.74) is 0.255. The molecule has 0 saturated heterocycles. The van der Waals surface area contributed by atoms with Crippen LogP contribution in [0.2, 0.25) is 0 Å². The topological polar surface area (TPSA) is 36.1 Å². The van der Waals surface area contributed by atoms with E-state index in [0.717, 1.165) is 0 Å². The zero-order valence-corrected chi connectivity index (χ0v) is 6.81. The van der Waals surface area contributed by atoms with E-state index in [9.17, 15) is 4.39 Å². The molecular weight excluding hydrogens is 167 g/mol. The molecule has 1 heterocycles. The third kappa shape index (κ3) is 1.31. The van der Waals surface area contributed by atoms with Gasteiger partial charge in [-0.15, -0.1) is 0 Å². The molecule has 1 aliphatic heterocycles. The second-order valence-corrected chi connectivity index (χ2v) is 2.97. The lowest BCUT2D eigenvalue weighted by molar-refractivity contribution is 0.575. The van der Waals surface area contributed by atoms with Gasteiger partial charge in [0.05, 0.1) is 0 Å². The SMILES string of the molecule is N#CC1=NC(F)=CC2C=CC=CC12. The average Bonchev–Trinajstić information content (AvgIpc) is 2.16. The van der Waals surface area contributed by atoms with Crippen molar-refractivity contribution in [1.29, 1.82) is 5.26 Å². The minimum atomic E-state index is -0.558. The fraction of sp³-hybridized carbons (Fsp3) is 0.200. The van der Waals surface area contributed by atoms with E-state index in [0.29, 0.717) is 0 Å². The Morgan fingerprint density at radius 2 is 2.15 bits per heavy atom. The molecule has 2 aliphatic rings. The van der Waals surface area contributed by atoms with E-state index in [1.54, 1.807) is 0 Å². The van der Waals surface area contributed by atoms with Crippen molar-refractivity contribution >= 4 is 5.71 Å². The maximum Gasteiger partial charge on any atom is 0.210 e. The Bertz CT molecular complexity index is 382. The minimum absolute atomic E-state index is 0.0443. The Morgan fingerprint density at radius 3 is 2.92 bits per heavy atom. The molecule has 0 saturated carbocycles. The van der Waals surface area contributed by atoms with Crippen LogP contribution >= 0.6 is 0 Å². The van der Waals surface area contributed by atoms with Crippen LogP contribution < -0.4 is 0 Å². The van der Waals surface area contributed by atoms with Gasteiger partial charge < -0.3 is 0 Å². The van der Waals surface area contributed by atoms with Crippen molar-refractivity contribution in [2.75, 3.05) is 0 Å². The molecule has 0 amide bonds. The summed E-state index contributed by atoms with van der Waals surface area (Å²) in [6, 6.07) is 1.92. The van der Waals surface area contributed by atoms with Crippen LogP contribution in [0.15, 0.2) is 41.3 Å². The van der Waals surface area contributed by atoms with Gasteiger partial charge in [-0.05, 0) is 6.08 Å². The summed E-state index contributed by atoms with van der Waals surface area (Å²) in [6.45, 7) is 0. The standard InChI is InChI=1S/C10H7FN2/c11-10-5-7-3-1-2-4-8(7)9(6-12)13-10/h1-5,7-8H. The molecule has 0 radical (unpaired) electrons. The van der Waals surface area contributed by atoms with E-state index in [2.05, 4.69) is 4.99 Å². The van der Waals surface area contributed by atoms with Gasteiger partial charge in [0.25, 0.3) is 0 Å². The number of hydrogen-bond acceptors (Lipinski definition) is 2. The quantitative estimate of drug-likeness (QED) is 0.518. The van der Waals surface area contributed by atoms with E-state index < -0.39 is 5.95 Å². The van der Waals surface area contributed by atoms with Gasteiger partial charge in [0.15, 0.2) is 0 Å². The van der Waals surface area contributed by atoms with Gasteiger partial charge in [0, 0.05) is 11.8 Å². The predicted molar refractivity (Wildman–Crippen MR) is 47.5 cm³/mol. The molecule has 13 heavy (non-hydrogen) atoms. The van der Waals surface area contributed by atoms with Crippen molar-refractivity contribution in [2.45, 2.75) is 0 Å². The Morgan fingerprint density at radius 1 is 1.38 bits per heavy atom. The van der Waals surface area contributed by atoms with E-state index in [4.69, 9.17) is 5.26 Å². The van der Waals surface area contributed by atoms with Crippen LogP contribution in [0.5, 0.6) is 0 Å². The van der Waals surface area contributed by atoms with Crippen LogP contribution in [-0.4, -0.2) is 5.71 Å². The monoisotopic (exact) mass is 174 g/mol. The molecule has 2 atom stereocenters. The molecule has 0 aromatic heterocycles. The first kappa shape index (κ1) is 7.93. The second kappa shape index (κ2) is 2.98. The number of nitriles is 1. The molecule has 2 nitrogen and oxygen atoms in total. The van der Waals surface area contributed by atoms with E-state index in [-0.39, 0.29) is 17.5 Å². The van der Waals surface area contributed by atoms with Crippen molar-refractivity contribution in [3.8, 4) is 6.07 Å². The maximum absolute atomic E-state index is 12.9. The molecule has 3 heteroatoms. The predicted octanol–water partition coefficient (Wildman–Crippen LogP) is 2.13. The molecule has 0 aromatic rings. The Hall–Kier alpha value is -1.69. The average molecular weight is 174 g/mol. The van der Waals surface area contributed by atoms with E-state index >= 15 is 0 Å². The number of aliphatic imine (C=N–C) groups is 1. The number of nitrogens with zero attached hydrogens (tertiary/aromatic N) is 2. The Balaban J connectivity index is 2.41. The zero-order valence-electron chi connectivity index (χ0n) is 6.81. The minimum Gasteiger partial charge on any atom is -0.213 e. The number of allylic oxidation sites excluding steroid dienone is 5. The van der Waals surface area contributed by atoms with E-state index in [1.165, 1.54) is 6.08 Å². The summed E-state index contributed by atoms with van der Waals surface area (Å²) >= 11 is 0. The summed E-state index contributed by atoms with van der Waals surface area (Å²) < 4.78 is 12.9. The molecular formula is C10H7FN2. The smallest absolute Gasteiger partial charge is 0.210 e.